The highest BCUT2D eigenvalue weighted by Gasteiger charge is 2.46. The Balaban J connectivity index is 2.06. The lowest BCUT2D eigenvalue weighted by Crippen LogP contribution is -2.64. The van der Waals surface area contributed by atoms with Crippen LogP contribution in [0.25, 0.3) is 0 Å². The van der Waals surface area contributed by atoms with Gasteiger partial charge in [0.15, 0.2) is 0 Å². The average Bonchev–Trinajstić information content (AvgIpc) is 2.38. The molecule has 1 fully saturated rings. The van der Waals surface area contributed by atoms with Crippen LogP contribution in [-0.4, -0.2) is 29.4 Å². The topological polar surface area (TPSA) is 32.3 Å². The second-order valence-corrected chi connectivity index (χ2v) is 6.62. The minimum Gasteiger partial charge on any atom is -0.324 e. The fourth-order valence-electron chi connectivity index (χ4n) is 2.68. The molecule has 1 unspecified atom stereocenters. The number of nitrogens with zero attached hydrogens (tertiary/aromatic N) is 1. The molecule has 3 nitrogen and oxygen atoms in total. The highest BCUT2D eigenvalue weighted by atomic mass is 16.2. The Hall–Kier alpha value is -1.35. The minimum atomic E-state index is -0.344. The molecular formula is C17H26N2O. The molecule has 1 heterocycles. The molecule has 0 bridgehead atoms. The number of rotatable bonds is 4. The first-order valence-electron chi connectivity index (χ1n) is 7.46. The summed E-state index contributed by atoms with van der Waals surface area (Å²) in [6.07, 6.45) is 0.941. The second-order valence-electron chi connectivity index (χ2n) is 6.62. The smallest absolute Gasteiger partial charge is 0.244 e. The molecule has 110 valence electrons. The fraction of sp³-hybridized carbons (Fsp3) is 0.588. The Bertz CT molecular complexity index is 510. The summed E-state index contributed by atoms with van der Waals surface area (Å²) < 4.78 is 0. The zero-order chi connectivity index (χ0) is 14.9. The van der Waals surface area contributed by atoms with Gasteiger partial charge in [0.25, 0.3) is 0 Å². The molecule has 3 heteroatoms. The number of benzene rings is 1. The van der Waals surface area contributed by atoms with Crippen molar-refractivity contribution >= 4 is 11.6 Å². The number of nitrogens with one attached hydrogen (secondary N) is 1. The van der Waals surface area contributed by atoms with E-state index in [9.17, 15) is 4.79 Å². The van der Waals surface area contributed by atoms with Crippen LogP contribution < -0.4 is 5.32 Å². The van der Waals surface area contributed by atoms with Crippen molar-refractivity contribution < 1.29 is 4.79 Å². The predicted molar refractivity (Wildman–Crippen MR) is 84.0 cm³/mol. The van der Waals surface area contributed by atoms with Crippen LogP contribution in [0, 0.1) is 19.8 Å². The van der Waals surface area contributed by atoms with E-state index in [4.69, 9.17) is 0 Å². The number of carbonyl (C=O) groups is 1. The lowest BCUT2D eigenvalue weighted by molar-refractivity contribution is -0.136. The van der Waals surface area contributed by atoms with E-state index in [1.54, 1.807) is 0 Å². The predicted octanol–water partition coefficient (Wildman–Crippen LogP) is 3.36. The Kier molecular flexibility index (Phi) is 4.19. The summed E-state index contributed by atoms with van der Waals surface area (Å²) in [7, 11) is 0. The maximum absolute atomic E-state index is 12.6. The number of hydrogen-bond acceptors (Lipinski definition) is 2. The molecule has 0 aliphatic carbocycles. The summed E-state index contributed by atoms with van der Waals surface area (Å²) in [6.45, 7) is 12.6. The van der Waals surface area contributed by atoms with E-state index in [1.807, 2.05) is 12.1 Å². The van der Waals surface area contributed by atoms with Gasteiger partial charge in [0.2, 0.25) is 5.91 Å². The summed E-state index contributed by atoms with van der Waals surface area (Å²) in [5.74, 6) is 0.705. The fourth-order valence-corrected chi connectivity index (χ4v) is 2.68. The molecule has 0 saturated carbocycles. The third-order valence-corrected chi connectivity index (χ3v) is 4.41. The molecule has 20 heavy (non-hydrogen) atoms. The number of hydrogen-bond donors (Lipinski definition) is 1. The molecule has 1 aromatic carbocycles. The Morgan fingerprint density at radius 1 is 1.35 bits per heavy atom. The molecule has 1 saturated heterocycles. The summed E-state index contributed by atoms with van der Waals surface area (Å²) in [4.78, 5) is 14.8. The maximum atomic E-state index is 12.6. The van der Waals surface area contributed by atoms with E-state index in [0.717, 1.165) is 25.2 Å². The van der Waals surface area contributed by atoms with Gasteiger partial charge < -0.3 is 5.32 Å². The number of carbonyl (C=O) groups excluding carboxylic acids is 1. The van der Waals surface area contributed by atoms with E-state index < -0.39 is 0 Å². The molecular weight excluding hydrogens is 248 g/mol. The first kappa shape index (κ1) is 15.0. The highest BCUT2D eigenvalue weighted by Crippen LogP contribution is 2.32. The van der Waals surface area contributed by atoms with Gasteiger partial charge in [0.05, 0.1) is 5.54 Å². The van der Waals surface area contributed by atoms with Crippen molar-refractivity contribution in [3.8, 4) is 0 Å². The van der Waals surface area contributed by atoms with Crippen molar-refractivity contribution in [3.05, 3.63) is 29.3 Å². The van der Waals surface area contributed by atoms with Crippen molar-refractivity contribution in [1.82, 2.24) is 4.90 Å². The standard InChI is InChI=1S/C17H26N2O/c1-12(2)11-19-9-8-17(19,5)16(20)18-15-7-6-13(3)14(4)10-15/h6-7,10,12H,8-9,11H2,1-5H3,(H,18,20). The molecule has 0 radical (unpaired) electrons. The van der Waals surface area contributed by atoms with Crippen molar-refractivity contribution in [2.75, 3.05) is 18.4 Å². The molecule has 1 atom stereocenters. The minimum absolute atomic E-state index is 0.118. The Morgan fingerprint density at radius 3 is 2.55 bits per heavy atom. The van der Waals surface area contributed by atoms with Crippen LogP contribution in [0.4, 0.5) is 5.69 Å². The molecule has 1 amide bonds. The third-order valence-electron chi connectivity index (χ3n) is 4.41. The van der Waals surface area contributed by atoms with Gasteiger partial charge in [0.1, 0.15) is 0 Å². The first-order valence-corrected chi connectivity index (χ1v) is 7.46. The van der Waals surface area contributed by atoms with E-state index in [0.29, 0.717) is 5.92 Å². The van der Waals surface area contributed by atoms with Gasteiger partial charge in [0, 0.05) is 18.8 Å². The van der Waals surface area contributed by atoms with Gasteiger partial charge in [-0.3, -0.25) is 9.69 Å². The summed E-state index contributed by atoms with van der Waals surface area (Å²) in [5.41, 5.74) is 3.01. The summed E-state index contributed by atoms with van der Waals surface area (Å²) >= 11 is 0. The van der Waals surface area contributed by atoms with Crippen LogP contribution in [0.3, 0.4) is 0 Å². The highest BCUT2D eigenvalue weighted by molar-refractivity contribution is 5.98. The molecule has 0 aromatic heterocycles. The molecule has 1 aliphatic rings. The summed E-state index contributed by atoms with van der Waals surface area (Å²) in [6, 6.07) is 6.08. The van der Waals surface area contributed by atoms with Crippen LogP contribution in [0.2, 0.25) is 0 Å². The van der Waals surface area contributed by atoms with Crippen molar-refractivity contribution in [2.45, 2.75) is 46.6 Å². The monoisotopic (exact) mass is 274 g/mol. The summed E-state index contributed by atoms with van der Waals surface area (Å²) in [5, 5.41) is 3.08. The van der Waals surface area contributed by atoms with E-state index >= 15 is 0 Å². The third kappa shape index (κ3) is 2.88. The maximum Gasteiger partial charge on any atom is 0.244 e. The van der Waals surface area contributed by atoms with Gasteiger partial charge >= 0.3 is 0 Å². The quantitative estimate of drug-likeness (QED) is 0.913. The van der Waals surface area contributed by atoms with E-state index in [1.165, 1.54) is 11.1 Å². The van der Waals surface area contributed by atoms with Crippen molar-refractivity contribution in [2.24, 2.45) is 5.92 Å². The van der Waals surface area contributed by atoms with Gasteiger partial charge in [-0.2, -0.15) is 0 Å². The first-order chi connectivity index (χ1) is 9.33. The van der Waals surface area contributed by atoms with E-state index in [-0.39, 0.29) is 11.4 Å². The zero-order valence-corrected chi connectivity index (χ0v) is 13.3. The van der Waals surface area contributed by atoms with Crippen LogP contribution in [0.15, 0.2) is 18.2 Å². The number of anilines is 1. The van der Waals surface area contributed by atoms with Gasteiger partial charge in [-0.1, -0.05) is 19.9 Å². The average molecular weight is 274 g/mol. The molecule has 0 spiro atoms. The van der Waals surface area contributed by atoms with Crippen LogP contribution in [0.5, 0.6) is 0 Å². The Morgan fingerprint density at radius 2 is 2.05 bits per heavy atom. The van der Waals surface area contributed by atoms with Gasteiger partial charge in [-0.25, -0.2) is 0 Å². The SMILES string of the molecule is Cc1ccc(NC(=O)C2(C)CCN2CC(C)C)cc1C. The second kappa shape index (κ2) is 5.57. The van der Waals surface area contributed by atoms with Crippen molar-refractivity contribution in [1.29, 1.82) is 0 Å². The number of likely N-dealkylation sites (tertiary alicyclic amines) is 1. The van der Waals surface area contributed by atoms with Crippen LogP contribution >= 0.6 is 0 Å². The van der Waals surface area contributed by atoms with Crippen molar-refractivity contribution in [3.63, 3.8) is 0 Å². The van der Waals surface area contributed by atoms with Crippen LogP contribution in [0.1, 0.15) is 38.3 Å². The number of aryl methyl sites for hydroxylation is 2. The zero-order valence-electron chi connectivity index (χ0n) is 13.3. The van der Waals surface area contributed by atoms with Gasteiger partial charge in [-0.15, -0.1) is 0 Å². The number of amides is 1. The molecule has 1 aromatic rings. The molecule has 1 aliphatic heterocycles. The lowest BCUT2D eigenvalue weighted by atomic mass is 9.84. The molecule has 2 rings (SSSR count). The largest absolute Gasteiger partial charge is 0.324 e. The Labute approximate surface area is 122 Å². The van der Waals surface area contributed by atoms with Gasteiger partial charge in [-0.05, 0) is 56.4 Å². The van der Waals surface area contributed by atoms with E-state index in [2.05, 4.69) is 50.9 Å². The lowest BCUT2D eigenvalue weighted by Gasteiger charge is -2.49. The normalized spacial score (nSPS) is 22.7. The van der Waals surface area contributed by atoms with Crippen LogP contribution in [-0.2, 0) is 4.79 Å². The molecule has 1 N–H and O–H groups in total.